The van der Waals surface area contributed by atoms with E-state index in [0.717, 1.165) is 5.56 Å². The summed E-state index contributed by atoms with van der Waals surface area (Å²) in [6.45, 7) is 0.0327. The fraction of sp³-hybridized carbons (Fsp3) is 0.143. The summed E-state index contributed by atoms with van der Waals surface area (Å²) in [6, 6.07) is 15.3. The third kappa shape index (κ3) is 3.04. The van der Waals surface area contributed by atoms with Crippen molar-refractivity contribution in [3.8, 4) is 5.75 Å². The quantitative estimate of drug-likeness (QED) is 0.878. The monoisotopic (exact) mass is 232 g/mol. The lowest BCUT2D eigenvalue weighted by Crippen LogP contribution is -2.10. The van der Waals surface area contributed by atoms with Crippen LogP contribution in [0.5, 0.6) is 5.75 Å². The average Bonchev–Trinajstić information content (AvgIpc) is 2.38. The summed E-state index contributed by atoms with van der Waals surface area (Å²) in [6.07, 6.45) is -0.754. The highest BCUT2D eigenvalue weighted by molar-refractivity contribution is 5.24. The van der Waals surface area contributed by atoms with Crippen LogP contribution in [-0.2, 0) is 0 Å². The number of rotatable bonds is 4. The predicted octanol–water partition coefficient (Wildman–Crippen LogP) is 2.94. The minimum absolute atomic E-state index is 0.0327. The van der Waals surface area contributed by atoms with Crippen molar-refractivity contribution in [2.75, 3.05) is 6.61 Å². The number of halogens is 1. The van der Waals surface area contributed by atoms with Crippen molar-refractivity contribution in [2.45, 2.75) is 6.10 Å². The Morgan fingerprint density at radius 1 is 1.00 bits per heavy atom. The highest BCUT2D eigenvalue weighted by atomic mass is 19.1. The lowest BCUT2D eigenvalue weighted by Gasteiger charge is -2.12. The molecule has 0 heterocycles. The molecule has 1 unspecified atom stereocenters. The largest absolute Gasteiger partial charge is 0.487 e. The second-order valence-electron chi connectivity index (χ2n) is 3.67. The van der Waals surface area contributed by atoms with E-state index in [4.69, 9.17) is 4.74 Å². The Labute approximate surface area is 99.3 Å². The Balaban J connectivity index is 1.97. The molecule has 0 aromatic heterocycles. The first-order valence-electron chi connectivity index (χ1n) is 5.37. The number of hydrogen-bond donors (Lipinski definition) is 1. The number of hydrogen-bond acceptors (Lipinski definition) is 2. The topological polar surface area (TPSA) is 29.5 Å². The average molecular weight is 232 g/mol. The van der Waals surface area contributed by atoms with Gasteiger partial charge < -0.3 is 9.84 Å². The first kappa shape index (κ1) is 11.6. The van der Waals surface area contributed by atoms with Crippen LogP contribution >= 0.6 is 0 Å². The summed E-state index contributed by atoms with van der Waals surface area (Å²) in [4.78, 5) is 0. The van der Waals surface area contributed by atoms with E-state index in [1.807, 2.05) is 18.2 Å². The van der Waals surface area contributed by atoms with Crippen LogP contribution in [0.25, 0.3) is 0 Å². The van der Waals surface area contributed by atoms with Crippen molar-refractivity contribution in [3.63, 3.8) is 0 Å². The van der Waals surface area contributed by atoms with E-state index < -0.39 is 11.9 Å². The van der Waals surface area contributed by atoms with Gasteiger partial charge in [0.05, 0.1) is 0 Å². The predicted molar refractivity (Wildman–Crippen MR) is 63.3 cm³/mol. The molecule has 2 nitrogen and oxygen atoms in total. The fourth-order valence-corrected chi connectivity index (χ4v) is 1.50. The highest BCUT2D eigenvalue weighted by Crippen LogP contribution is 2.18. The summed E-state index contributed by atoms with van der Waals surface area (Å²) in [5.41, 5.74) is 0.754. The van der Waals surface area contributed by atoms with Gasteiger partial charge in [0.25, 0.3) is 0 Å². The van der Waals surface area contributed by atoms with Crippen LogP contribution in [-0.4, -0.2) is 11.7 Å². The van der Waals surface area contributed by atoms with Gasteiger partial charge in [-0.05, 0) is 17.7 Å². The number of para-hydroxylation sites is 1. The lowest BCUT2D eigenvalue weighted by molar-refractivity contribution is 0.106. The van der Waals surface area contributed by atoms with E-state index >= 15 is 0 Å². The SMILES string of the molecule is OC(COc1ccccc1F)c1ccccc1. The van der Waals surface area contributed by atoms with Gasteiger partial charge in [-0.3, -0.25) is 0 Å². The van der Waals surface area contributed by atoms with Gasteiger partial charge in [-0.15, -0.1) is 0 Å². The zero-order valence-corrected chi connectivity index (χ0v) is 9.21. The van der Waals surface area contributed by atoms with Gasteiger partial charge in [0.15, 0.2) is 11.6 Å². The van der Waals surface area contributed by atoms with Crippen LogP contribution in [0.1, 0.15) is 11.7 Å². The Kier molecular flexibility index (Phi) is 3.73. The Morgan fingerprint density at radius 3 is 2.35 bits per heavy atom. The third-order valence-corrected chi connectivity index (χ3v) is 2.42. The first-order valence-corrected chi connectivity index (χ1v) is 5.37. The second-order valence-corrected chi connectivity index (χ2v) is 3.67. The first-order chi connectivity index (χ1) is 8.27. The minimum Gasteiger partial charge on any atom is -0.487 e. The molecular weight excluding hydrogens is 219 g/mol. The molecule has 0 aliphatic carbocycles. The third-order valence-electron chi connectivity index (χ3n) is 2.42. The highest BCUT2D eigenvalue weighted by Gasteiger charge is 2.09. The molecule has 0 aliphatic rings. The number of ether oxygens (including phenoxy) is 1. The van der Waals surface area contributed by atoms with Crippen molar-refractivity contribution in [1.29, 1.82) is 0 Å². The molecule has 1 N–H and O–H groups in total. The van der Waals surface area contributed by atoms with Crippen LogP contribution in [0.3, 0.4) is 0 Å². The molecule has 2 aromatic rings. The van der Waals surface area contributed by atoms with E-state index in [1.54, 1.807) is 24.3 Å². The van der Waals surface area contributed by atoms with Gasteiger partial charge in [0.1, 0.15) is 12.7 Å². The van der Waals surface area contributed by atoms with E-state index in [0.29, 0.717) is 0 Å². The van der Waals surface area contributed by atoms with Gasteiger partial charge >= 0.3 is 0 Å². The molecule has 0 spiro atoms. The molecule has 2 rings (SSSR count). The molecule has 0 fully saturated rings. The minimum atomic E-state index is -0.754. The maximum atomic E-state index is 13.2. The molecule has 0 bridgehead atoms. The number of benzene rings is 2. The van der Waals surface area contributed by atoms with Crippen LogP contribution in [0, 0.1) is 5.82 Å². The van der Waals surface area contributed by atoms with E-state index in [2.05, 4.69) is 0 Å². The van der Waals surface area contributed by atoms with Crippen molar-refractivity contribution in [2.24, 2.45) is 0 Å². The molecule has 2 aromatic carbocycles. The maximum Gasteiger partial charge on any atom is 0.165 e. The summed E-state index contributed by atoms with van der Waals surface area (Å²) in [7, 11) is 0. The summed E-state index contributed by atoms with van der Waals surface area (Å²) >= 11 is 0. The normalized spacial score (nSPS) is 12.1. The molecule has 0 saturated carbocycles. The van der Waals surface area contributed by atoms with Crippen LogP contribution in [0.4, 0.5) is 4.39 Å². The number of aliphatic hydroxyl groups is 1. The van der Waals surface area contributed by atoms with Gasteiger partial charge in [0.2, 0.25) is 0 Å². The molecule has 17 heavy (non-hydrogen) atoms. The summed E-state index contributed by atoms with van der Waals surface area (Å²) in [5, 5.41) is 9.83. The zero-order chi connectivity index (χ0) is 12.1. The Bertz CT molecular complexity index is 471. The van der Waals surface area contributed by atoms with Gasteiger partial charge in [-0.25, -0.2) is 4.39 Å². The van der Waals surface area contributed by atoms with E-state index in [1.165, 1.54) is 12.1 Å². The summed E-state index contributed by atoms with van der Waals surface area (Å²) < 4.78 is 18.5. The second kappa shape index (κ2) is 5.46. The van der Waals surface area contributed by atoms with Gasteiger partial charge in [-0.2, -0.15) is 0 Å². The van der Waals surface area contributed by atoms with Crippen molar-refractivity contribution >= 4 is 0 Å². The van der Waals surface area contributed by atoms with Gasteiger partial charge in [-0.1, -0.05) is 42.5 Å². The van der Waals surface area contributed by atoms with Crippen molar-refractivity contribution in [3.05, 3.63) is 66.0 Å². The van der Waals surface area contributed by atoms with Gasteiger partial charge in [0, 0.05) is 0 Å². The fourth-order valence-electron chi connectivity index (χ4n) is 1.50. The smallest absolute Gasteiger partial charge is 0.165 e. The Hall–Kier alpha value is -1.87. The molecule has 0 aliphatic heterocycles. The zero-order valence-electron chi connectivity index (χ0n) is 9.21. The van der Waals surface area contributed by atoms with Crippen LogP contribution < -0.4 is 4.74 Å². The lowest BCUT2D eigenvalue weighted by atomic mass is 10.1. The van der Waals surface area contributed by atoms with Crippen molar-refractivity contribution < 1.29 is 14.2 Å². The van der Waals surface area contributed by atoms with E-state index in [9.17, 15) is 9.50 Å². The molecule has 3 heteroatoms. The number of aliphatic hydroxyl groups excluding tert-OH is 1. The van der Waals surface area contributed by atoms with E-state index in [-0.39, 0.29) is 12.4 Å². The summed E-state index contributed by atoms with van der Waals surface area (Å²) in [5.74, 6) is -0.268. The Morgan fingerprint density at radius 2 is 1.65 bits per heavy atom. The van der Waals surface area contributed by atoms with Crippen LogP contribution in [0.2, 0.25) is 0 Å². The van der Waals surface area contributed by atoms with Crippen molar-refractivity contribution in [1.82, 2.24) is 0 Å². The molecular formula is C14H13FO2. The molecule has 0 radical (unpaired) electrons. The molecule has 1 atom stereocenters. The molecule has 0 amide bonds. The van der Waals surface area contributed by atoms with Crippen LogP contribution in [0.15, 0.2) is 54.6 Å². The standard InChI is InChI=1S/C14H13FO2/c15-12-8-4-5-9-14(12)17-10-13(16)11-6-2-1-3-7-11/h1-9,13,16H,10H2. The maximum absolute atomic E-state index is 13.2. The molecule has 0 saturated heterocycles. The molecule has 88 valence electrons.